The van der Waals surface area contributed by atoms with Gasteiger partial charge in [0.25, 0.3) is 0 Å². The number of carbonyl (C=O) groups excluding carboxylic acids is 2. The molecule has 0 spiro atoms. The molecule has 144 valence electrons. The third-order valence-electron chi connectivity index (χ3n) is 6.91. The summed E-state index contributed by atoms with van der Waals surface area (Å²) in [6.45, 7) is 0. The maximum absolute atomic E-state index is 12.8. The van der Waals surface area contributed by atoms with Crippen LogP contribution in [0.15, 0.2) is 24.3 Å². The molecule has 26 heavy (non-hydrogen) atoms. The minimum atomic E-state index is -0.735. The Morgan fingerprint density at radius 3 is 1.23 bits per heavy atom. The van der Waals surface area contributed by atoms with Gasteiger partial charge in [-0.2, -0.15) is 0 Å². The first-order valence-corrected chi connectivity index (χ1v) is 10.2. The first-order valence-electron chi connectivity index (χ1n) is 10.2. The predicted molar refractivity (Wildman–Crippen MR) is 100 cm³/mol. The Morgan fingerprint density at radius 1 is 0.654 bits per heavy atom. The second kappa shape index (κ2) is 7.98. The first kappa shape index (κ1) is 19.2. The van der Waals surface area contributed by atoms with Crippen molar-refractivity contribution in [1.29, 1.82) is 0 Å². The molecule has 0 atom stereocenters. The second-order valence-electron chi connectivity index (χ2n) is 8.19. The van der Waals surface area contributed by atoms with E-state index in [-0.39, 0.29) is 23.8 Å². The standard InChI is InChI=1S/C22H32O4/c1-25-19(23)21(17-9-5-3-6-10-17)13-15-22(16-14-21,20(24)26-2)18-11-7-4-8-12-18/h13-18H,3-12H2,1-2H3. The SMILES string of the molecule is COC(=O)C1(C2CCCCC2)C=CC(C(=O)OC)(C2CCCCC2)C=C1. The molecule has 0 amide bonds. The van der Waals surface area contributed by atoms with Gasteiger partial charge >= 0.3 is 11.9 Å². The van der Waals surface area contributed by atoms with E-state index in [2.05, 4.69) is 0 Å². The van der Waals surface area contributed by atoms with Gasteiger partial charge in [0.1, 0.15) is 10.8 Å². The molecule has 0 N–H and O–H groups in total. The molecular formula is C22H32O4. The number of carbonyl (C=O) groups is 2. The highest BCUT2D eigenvalue weighted by molar-refractivity contribution is 5.87. The number of rotatable bonds is 4. The minimum absolute atomic E-state index is 0.209. The van der Waals surface area contributed by atoms with Crippen molar-refractivity contribution in [2.24, 2.45) is 22.7 Å². The van der Waals surface area contributed by atoms with Gasteiger partial charge in [-0.25, -0.2) is 0 Å². The second-order valence-corrected chi connectivity index (χ2v) is 8.19. The predicted octanol–water partition coefficient (Wildman–Crippen LogP) is 4.59. The molecular weight excluding hydrogens is 328 g/mol. The Hall–Kier alpha value is -1.58. The van der Waals surface area contributed by atoms with E-state index in [1.165, 1.54) is 27.1 Å². The fourth-order valence-corrected chi connectivity index (χ4v) is 5.33. The van der Waals surface area contributed by atoms with Crippen LogP contribution in [-0.2, 0) is 19.1 Å². The highest BCUT2D eigenvalue weighted by Gasteiger charge is 2.50. The molecule has 0 aromatic heterocycles. The van der Waals surface area contributed by atoms with Crippen LogP contribution < -0.4 is 0 Å². The molecule has 0 aromatic rings. The highest BCUT2D eigenvalue weighted by Crippen LogP contribution is 2.50. The molecule has 0 aromatic carbocycles. The molecule has 0 bridgehead atoms. The summed E-state index contributed by atoms with van der Waals surface area (Å²) in [5.41, 5.74) is -1.47. The van der Waals surface area contributed by atoms with Crippen LogP contribution in [0.3, 0.4) is 0 Å². The molecule has 4 heteroatoms. The summed E-state index contributed by atoms with van der Waals surface area (Å²) in [4.78, 5) is 25.5. The van der Waals surface area contributed by atoms with Crippen LogP contribution in [0.5, 0.6) is 0 Å². The van der Waals surface area contributed by atoms with Gasteiger partial charge in [-0.3, -0.25) is 9.59 Å². The summed E-state index contributed by atoms with van der Waals surface area (Å²) in [6.07, 6.45) is 19.1. The first-order chi connectivity index (χ1) is 12.6. The van der Waals surface area contributed by atoms with Gasteiger partial charge < -0.3 is 9.47 Å². The summed E-state index contributed by atoms with van der Waals surface area (Å²) >= 11 is 0. The molecule has 0 heterocycles. The van der Waals surface area contributed by atoms with Gasteiger partial charge in [0.15, 0.2) is 0 Å². The third-order valence-corrected chi connectivity index (χ3v) is 6.91. The van der Waals surface area contributed by atoms with Gasteiger partial charge in [0.05, 0.1) is 14.2 Å². The monoisotopic (exact) mass is 360 g/mol. The van der Waals surface area contributed by atoms with Crippen molar-refractivity contribution in [3.8, 4) is 0 Å². The average Bonchev–Trinajstić information content (AvgIpc) is 2.73. The fourth-order valence-electron chi connectivity index (χ4n) is 5.33. The average molecular weight is 360 g/mol. The third kappa shape index (κ3) is 3.23. The van der Waals surface area contributed by atoms with Gasteiger partial charge in [0, 0.05) is 0 Å². The quantitative estimate of drug-likeness (QED) is 0.543. The Kier molecular flexibility index (Phi) is 5.89. The molecule has 0 radical (unpaired) electrons. The molecule has 0 saturated heterocycles. The van der Waals surface area contributed by atoms with Crippen LogP contribution >= 0.6 is 0 Å². The van der Waals surface area contributed by atoms with Crippen molar-refractivity contribution in [2.75, 3.05) is 14.2 Å². The lowest BCUT2D eigenvalue weighted by atomic mass is 9.60. The Balaban J connectivity index is 1.96. The van der Waals surface area contributed by atoms with Crippen molar-refractivity contribution in [3.05, 3.63) is 24.3 Å². The van der Waals surface area contributed by atoms with E-state index < -0.39 is 10.8 Å². The Morgan fingerprint density at radius 2 is 0.962 bits per heavy atom. The van der Waals surface area contributed by atoms with Gasteiger partial charge in [0.2, 0.25) is 0 Å². The van der Waals surface area contributed by atoms with Gasteiger partial charge in [-0.15, -0.1) is 0 Å². The molecule has 2 fully saturated rings. The van der Waals surface area contributed by atoms with E-state index >= 15 is 0 Å². The number of hydrogen-bond donors (Lipinski definition) is 0. The van der Waals surface area contributed by atoms with Crippen LogP contribution in [0.2, 0.25) is 0 Å². The van der Waals surface area contributed by atoms with Crippen LogP contribution in [0.1, 0.15) is 64.2 Å². The maximum atomic E-state index is 12.8. The van der Waals surface area contributed by atoms with Gasteiger partial charge in [-0.1, -0.05) is 62.8 Å². The molecule has 4 nitrogen and oxygen atoms in total. The minimum Gasteiger partial charge on any atom is -0.468 e. The van der Waals surface area contributed by atoms with E-state index in [4.69, 9.17) is 9.47 Å². The summed E-state index contributed by atoms with van der Waals surface area (Å²) < 4.78 is 10.4. The van der Waals surface area contributed by atoms with E-state index in [0.717, 1.165) is 51.4 Å². The number of hydrogen-bond acceptors (Lipinski definition) is 4. The molecule has 2 saturated carbocycles. The zero-order chi connectivity index (χ0) is 18.6. The highest BCUT2D eigenvalue weighted by atomic mass is 16.5. The fraction of sp³-hybridized carbons (Fsp3) is 0.727. The smallest absolute Gasteiger partial charge is 0.319 e. The van der Waals surface area contributed by atoms with Crippen molar-refractivity contribution < 1.29 is 19.1 Å². The van der Waals surface area contributed by atoms with Crippen LogP contribution in [-0.4, -0.2) is 26.2 Å². The number of methoxy groups -OCH3 is 2. The van der Waals surface area contributed by atoms with Crippen molar-refractivity contribution in [2.45, 2.75) is 64.2 Å². The summed E-state index contributed by atoms with van der Waals surface area (Å²) in [5.74, 6) is 0.0782. The zero-order valence-electron chi connectivity index (χ0n) is 16.2. The number of ether oxygens (including phenoxy) is 2. The largest absolute Gasteiger partial charge is 0.468 e. The molecule has 3 rings (SSSR count). The van der Waals surface area contributed by atoms with E-state index in [1.54, 1.807) is 0 Å². The summed E-state index contributed by atoms with van der Waals surface area (Å²) in [6, 6.07) is 0. The lowest BCUT2D eigenvalue weighted by Crippen LogP contribution is -2.44. The lowest BCUT2D eigenvalue weighted by molar-refractivity contribution is -0.153. The van der Waals surface area contributed by atoms with E-state index in [0.29, 0.717) is 0 Å². The van der Waals surface area contributed by atoms with E-state index in [1.807, 2.05) is 24.3 Å². The molecule has 3 aliphatic carbocycles. The van der Waals surface area contributed by atoms with Crippen molar-refractivity contribution >= 4 is 11.9 Å². The van der Waals surface area contributed by atoms with Crippen LogP contribution in [0.4, 0.5) is 0 Å². The summed E-state index contributed by atoms with van der Waals surface area (Å²) in [5, 5.41) is 0. The van der Waals surface area contributed by atoms with Crippen molar-refractivity contribution in [3.63, 3.8) is 0 Å². The topological polar surface area (TPSA) is 52.6 Å². The Bertz CT molecular complexity index is 513. The lowest BCUT2D eigenvalue weighted by Gasteiger charge is -2.43. The molecule has 0 unspecified atom stereocenters. The molecule has 0 aliphatic heterocycles. The molecule has 3 aliphatic rings. The normalized spacial score (nSPS) is 33.0. The van der Waals surface area contributed by atoms with Crippen LogP contribution in [0, 0.1) is 22.7 Å². The summed E-state index contributed by atoms with van der Waals surface area (Å²) in [7, 11) is 2.91. The maximum Gasteiger partial charge on any atom is 0.319 e. The van der Waals surface area contributed by atoms with Crippen molar-refractivity contribution in [1.82, 2.24) is 0 Å². The van der Waals surface area contributed by atoms with E-state index in [9.17, 15) is 9.59 Å². The van der Waals surface area contributed by atoms with Gasteiger partial charge in [-0.05, 0) is 37.5 Å². The Labute approximate surface area is 157 Å². The number of esters is 2. The zero-order valence-corrected chi connectivity index (χ0v) is 16.2. The van der Waals surface area contributed by atoms with Crippen LogP contribution in [0.25, 0.3) is 0 Å².